The fourth-order valence-electron chi connectivity index (χ4n) is 7.30. The lowest BCUT2D eigenvalue weighted by Crippen LogP contribution is -1.97. The first-order valence-electron chi connectivity index (χ1n) is 18.7. The number of aromatic nitrogens is 5. The SMILES string of the molecule is c1ccc(-c2cc(-c3ccccn3)nc(-c3cccc(-c4ccc(-c5cc(-c6ccccc6)nc6c5ccc5ccc(-c7ccccc7)nc56)cc4)c3)n2)cc1. The first-order valence-corrected chi connectivity index (χ1v) is 18.7. The van der Waals surface area contributed by atoms with Gasteiger partial charge < -0.3 is 0 Å². The zero-order valence-corrected chi connectivity index (χ0v) is 30.3. The molecule has 4 aromatic heterocycles. The normalized spacial score (nSPS) is 11.2. The molecule has 262 valence electrons. The van der Waals surface area contributed by atoms with Crippen LogP contribution < -0.4 is 0 Å². The summed E-state index contributed by atoms with van der Waals surface area (Å²) in [4.78, 5) is 25.1. The first kappa shape index (κ1) is 33.0. The lowest BCUT2D eigenvalue weighted by molar-refractivity contribution is 1.16. The molecule has 10 aromatic rings. The zero-order valence-electron chi connectivity index (χ0n) is 30.3. The molecule has 4 heterocycles. The van der Waals surface area contributed by atoms with E-state index in [4.69, 9.17) is 19.9 Å². The van der Waals surface area contributed by atoms with Crippen LogP contribution in [0.15, 0.2) is 200 Å². The van der Waals surface area contributed by atoms with Gasteiger partial charge >= 0.3 is 0 Å². The van der Waals surface area contributed by atoms with Crippen molar-refractivity contribution in [2.45, 2.75) is 0 Å². The van der Waals surface area contributed by atoms with Gasteiger partial charge in [-0.25, -0.2) is 19.9 Å². The summed E-state index contributed by atoms with van der Waals surface area (Å²) in [6.07, 6.45) is 1.79. The van der Waals surface area contributed by atoms with Gasteiger partial charge in [0.15, 0.2) is 5.82 Å². The molecule has 5 nitrogen and oxygen atoms in total. The van der Waals surface area contributed by atoms with E-state index in [1.165, 1.54) is 0 Å². The van der Waals surface area contributed by atoms with Crippen LogP contribution in [-0.2, 0) is 0 Å². The highest BCUT2D eigenvalue weighted by molar-refractivity contribution is 6.09. The van der Waals surface area contributed by atoms with Gasteiger partial charge in [0, 0.05) is 39.2 Å². The minimum absolute atomic E-state index is 0.651. The Kier molecular flexibility index (Phi) is 8.43. The highest BCUT2D eigenvalue weighted by Gasteiger charge is 2.16. The van der Waals surface area contributed by atoms with Crippen LogP contribution in [0, 0.1) is 0 Å². The zero-order chi connectivity index (χ0) is 37.3. The van der Waals surface area contributed by atoms with Gasteiger partial charge in [-0.3, -0.25) is 4.98 Å². The van der Waals surface area contributed by atoms with Gasteiger partial charge in [0.1, 0.15) is 0 Å². The van der Waals surface area contributed by atoms with E-state index in [0.29, 0.717) is 5.82 Å². The Morgan fingerprint density at radius 3 is 1.55 bits per heavy atom. The summed E-state index contributed by atoms with van der Waals surface area (Å²) >= 11 is 0. The van der Waals surface area contributed by atoms with Crippen molar-refractivity contribution in [2.75, 3.05) is 0 Å². The quantitative estimate of drug-likeness (QED) is 0.154. The van der Waals surface area contributed by atoms with Gasteiger partial charge in [0.25, 0.3) is 0 Å². The number of rotatable bonds is 7. The minimum atomic E-state index is 0.651. The van der Waals surface area contributed by atoms with Crippen LogP contribution >= 0.6 is 0 Å². The summed E-state index contributed by atoms with van der Waals surface area (Å²) < 4.78 is 0. The average molecular weight is 716 g/mol. The first-order chi connectivity index (χ1) is 27.7. The molecule has 0 atom stereocenters. The van der Waals surface area contributed by atoms with Gasteiger partial charge in [-0.1, -0.05) is 158 Å². The Labute approximate surface area is 324 Å². The van der Waals surface area contributed by atoms with Gasteiger partial charge in [-0.15, -0.1) is 0 Å². The van der Waals surface area contributed by atoms with E-state index in [1.54, 1.807) is 6.20 Å². The van der Waals surface area contributed by atoms with Crippen molar-refractivity contribution in [2.24, 2.45) is 0 Å². The largest absolute Gasteiger partial charge is 0.255 e. The number of nitrogens with zero attached hydrogens (tertiary/aromatic N) is 5. The fraction of sp³-hybridized carbons (Fsp3) is 0. The number of hydrogen-bond donors (Lipinski definition) is 0. The lowest BCUT2D eigenvalue weighted by atomic mass is 9.95. The Hall–Kier alpha value is -7.63. The van der Waals surface area contributed by atoms with E-state index in [0.717, 1.165) is 94.8 Å². The number of pyridine rings is 3. The summed E-state index contributed by atoms with van der Waals surface area (Å²) in [5.41, 5.74) is 14.5. The van der Waals surface area contributed by atoms with Crippen molar-refractivity contribution in [3.8, 4) is 78.8 Å². The lowest BCUT2D eigenvalue weighted by Gasteiger charge is -2.14. The van der Waals surface area contributed by atoms with Crippen LogP contribution in [0.5, 0.6) is 0 Å². The molecule has 0 unspecified atom stereocenters. The van der Waals surface area contributed by atoms with Crippen LogP contribution in [0.2, 0.25) is 0 Å². The Bertz CT molecular complexity index is 2930. The van der Waals surface area contributed by atoms with Crippen LogP contribution in [0.3, 0.4) is 0 Å². The monoisotopic (exact) mass is 715 g/mol. The summed E-state index contributed by atoms with van der Waals surface area (Å²) in [5.74, 6) is 0.651. The third-order valence-corrected chi connectivity index (χ3v) is 10.2. The highest BCUT2D eigenvalue weighted by atomic mass is 14.9. The molecule has 0 spiro atoms. The summed E-state index contributed by atoms with van der Waals surface area (Å²) in [6, 6.07) is 66.8. The van der Waals surface area contributed by atoms with Crippen molar-refractivity contribution in [1.82, 2.24) is 24.9 Å². The van der Waals surface area contributed by atoms with Gasteiger partial charge in [0.2, 0.25) is 0 Å². The predicted octanol–water partition coefficient (Wildman–Crippen LogP) is 12.6. The van der Waals surface area contributed by atoms with Crippen LogP contribution in [0.25, 0.3) is 101 Å². The predicted molar refractivity (Wildman–Crippen MR) is 228 cm³/mol. The minimum Gasteiger partial charge on any atom is -0.255 e. The Morgan fingerprint density at radius 2 is 0.857 bits per heavy atom. The molecule has 0 saturated heterocycles. The topological polar surface area (TPSA) is 64.5 Å². The van der Waals surface area contributed by atoms with Crippen molar-refractivity contribution >= 4 is 21.8 Å². The molecule has 0 bridgehead atoms. The Morgan fingerprint density at radius 1 is 0.286 bits per heavy atom. The molecule has 0 saturated carbocycles. The van der Waals surface area contributed by atoms with Crippen LogP contribution in [0.1, 0.15) is 0 Å². The summed E-state index contributed by atoms with van der Waals surface area (Å²) in [7, 11) is 0. The molecule has 0 aliphatic carbocycles. The summed E-state index contributed by atoms with van der Waals surface area (Å²) in [6.45, 7) is 0. The second-order valence-electron chi connectivity index (χ2n) is 13.7. The van der Waals surface area contributed by atoms with Crippen molar-refractivity contribution < 1.29 is 0 Å². The Balaban J connectivity index is 1.06. The second kappa shape index (κ2) is 14.3. The van der Waals surface area contributed by atoms with Crippen LogP contribution in [-0.4, -0.2) is 24.9 Å². The molecule has 0 aliphatic rings. The molecular weight excluding hydrogens is 683 g/mol. The van der Waals surface area contributed by atoms with E-state index in [-0.39, 0.29) is 0 Å². The summed E-state index contributed by atoms with van der Waals surface area (Å²) in [5, 5.41) is 2.12. The van der Waals surface area contributed by atoms with E-state index in [9.17, 15) is 0 Å². The maximum atomic E-state index is 5.27. The number of fused-ring (bicyclic) bond motifs is 3. The molecule has 0 fully saturated rings. The van der Waals surface area contributed by atoms with E-state index < -0.39 is 0 Å². The maximum Gasteiger partial charge on any atom is 0.160 e. The van der Waals surface area contributed by atoms with E-state index in [1.807, 2.05) is 66.7 Å². The smallest absolute Gasteiger partial charge is 0.160 e. The molecule has 10 rings (SSSR count). The number of benzene rings is 6. The highest BCUT2D eigenvalue weighted by Crippen LogP contribution is 2.37. The van der Waals surface area contributed by atoms with Crippen molar-refractivity contribution in [3.63, 3.8) is 0 Å². The van der Waals surface area contributed by atoms with Gasteiger partial charge in [-0.05, 0) is 58.7 Å². The molecular formula is C51H33N5. The number of hydrogen-bond acceptors (Lipinski definition) is 5. The van der Waals surface area contributed by atoms with E-state index >= 15 is 0 Å². The standard InChI is InChI=1S/C51H33N5/c1-4-13-36(14-5-1)44-29-27-39-26-28-42-43(32-46(37-15-6-2-7-16-37)54-50(42)49(39)53-44)35-24-22-34(23-25-35)40-19-12-20-41(31-40)51-55-47(38-17-8-3-9-18-38)33-48(56-51)45-21-10-11-30-52-45/h1-33H. The third kappa shape index (κ3) is 6.37. The molecule has 56 heavy (non-hydrogen) atoms. The molecule has 5 heteroatoms. The fourth-order valence-corrected chi connectivity index (χ4v) is 7.30. The van der Waals surface area contributed by atoms with Crippen molar-refractivity contribution in [1.29, 1.82) is 0 Å². The van der Waals surface area contributed by atoms with Crippen molar-refractivity contribution in [3.05, 3.63) is 200 Å². The average Bonchev–Trinajstić information content (AvgIpc) is 3.29. The third-order valence-electron chi connectivity index (χ3n) is 10.2. The molecule has 0 amide bonds. The van der Waals surface area contributed by atoms with E-state index in [2.05, 4.69) is 132 Å². The molecule has 0 radical (unpaired) electrons. The van der Waals surface area contributed by atoms with Gasteiger partial charge in [0.05, 0.1) is 39.5 Å². The molecule has 0 N–H and O–H groups in total. The maximum absolute atomic E-state index is 5.27. The second-order valence-corrected chi connectivity index (χ2v) is 13.7. The van der Waals surface area contributed by atoms with Crippen LogP contribution in [0.4, 0.5) is 0 Å². The molecule has 6 aromatic carbocycles. The van der Waals surface area contributed by atoms with Gasteiger partial charge in [-0.2, -0.15) is 0 Å². The molecule has 0 aliphatic heterocycles.